The van der Waals surface area contributed by atoms with Crippen molar-refractivity contribution >= 4 is 6.09 Å². The summed E-state index contributed by atoms with van der Waals surface area (Å²) >= 11 is 0. The van der Waals surface area contributed by atoms with E-state index in [0.717, 1.165) is 0 Å². The van der Waals surface area contributed by atoms with Crippen molar-refractivity contribution in [3.05, 3.63) is 11.8 Å². The Morgan fingerprint density at radius 3 is 2.92 bits per heavy atom. The highest BCUT2D eigenvalue weighted by Gasteiger charge is 2.33. The third-order valence-corrected chi connectivity index (χ3v) is 1.73. The Kier molecular flexibility index (Phi) is 2.23. The fraction of sp³-hybridized carbons (Fsp3) is 0.571. The van der Waals surface area contributed by atoms with E-state index in [9.17, 15) is 4.79 Å². The highest BCUT2D eigenvalue weighted by Crippen LogP contribution is 2.18. The SMILES string of the molecule is CCC1(NC(=O)O)C=C(C)ON1. The van der Waals surface area contributed by atoms with Gasteiger partial charge in [-0.2, -0.15) is 0 Å². The maximum absolute atomic E-state index is 10.4. The molecule has 3 N–H and O–H groups in total. The fourth-order valence-electron chi connectivity index (χ4n) is 1.09. The first kappa shape index (κ1) is 8.86. The van der Waals surface area contributed by atoms with Crippen LogP contribution in [-0.4, -0.2) is 16.9 Å². The van der Waals surface area contributed by atoms with Crippen molar-refractivity contribution < 1.29 is 14.7 Å². The molecule has 5 heteroatoms. The summed E-state index contributed by atoms with van der Waals surface area (Å²) in [6, 6.07) is 0. The van der Waals surface area contributed by atoms with Crippen LogP contribution in [-0.2, 0) is 4.84 Å². The smallest absolute Gasteiger partial charge is 0.406 e. The highest BCUT2D eigenvalue weighted by molar-refractivity contribution is 5.66. The van der Waals surface area contributed by atoms with E-state index in [1.807, 2.05) is 6.92 Å². The summed E-state index contributed by atoms with van der Waals surface area (Å²) in [6.45, 7) is 3.62. The average molecular weight is 172 g/mol. The summed E-state index contributed by atoms with van der Waals surface area (Å²) in [5.41, 5.74) is 1.86. The highest BCUT2D eigenvalue weighted by atomic mass is 16.7. The van der Waals surface area contributed by atoms with Crippen molar-refractivity contribution in [2.24, 2.45) is 0 Å². The van der Waals surface area contributed by atoms with Gasteiger partial charge in [-0.1, -0.05) is 6.92 Å². The molecule has 1 unspecified atom stereocenters. The molecule has 0 spiro atoms. The van der Waals surface area contributed by atoms with E-state index in [2.05, 4.69) is 10.8 Å². The Morgan fingerprint density at radius 1 is 1.92 bits per heavy atom. The van der Waals surface area contributed by atoms with Crippen LogP contribution in [0.5, 0.6) is 0 Å². The molecule has 12 heavy (non-hydrogen) atoms. The summed E-state index contributed by atoms with van der Waals surface area (Å²) in [5, 5.41) is 10.9. The number of allylic oxidation sites excluding steroid dienone is 1. The second-order valence-corrected chi connectivity index (χ2v) is 2.71. The number of rotatable bonds is 2. The van der Waals surface area contributed by atoms with Crippen molar-refractivity contribution in [1.29, 1.82) is 0 Å². The van der Waals surface area contributed by atoms with Crippen LogP contribution in [0.25, 0.3) is 0 Å². The molecule has 0 saturated heterocycles. The summed E-state index contributed by atoms with van der Waals surface area (Å²) in [4.78, 5) is 15.3. The second-order valence-electron chi connectivity index (χ2n) is 2.71. The number of hydrogen-bond donors (Lipinski definition) is 3. The van der Waals surface area contributed by atoms with Gasteiger partial charge in [-0.15, -0.1) is 5.48 Å². The lowest BCUT2D eigenvalue weighted by Gasteiger charge is -2.23. The van der Waals surface area contributed by atoms with Gasteiger partial charge < -0.3 is 9.94 Å². The Balaban J connectivity index is 2.71. The lowest BCUT2D eigenvalue weighted by molar-refractivity contribution is 0.0617. The second kappa shape index (κ2) is 3.02. The monoisotopic (exact) mass is 172 g/mol. The number of carboxylic acid groups (broad SMARTS) is 1. The number of amides is 1. The van der Waals surface area contributed by atoms with Crippen molar-refractivity contribution in [1.82, 2.24) is 10.8 Å². The van der Waals surface area contributed by atoms with Crippen molar-refractivity contribution in [2.45, 2.75) is 25.9 Å². The van der Waals surface area contributed by atoms with Gasteiger partial charge in [0.05, 0.1) is 0 Å². The van der Waals surface area contributed by atoms with Gasteiger partial charge in [-0.25, -0.2) is 4.79 Å². The largest absolute Gasteiger partial charge is 0.465 e. The molecule has 0 aromatic heterocycles. The minimum Gasteiger partial charge on any atom is -0.465 e. The van der Waals surface area contributed by atoms with Gasteiger partial charge in [-0.3, -0.25) is 5.32 Å². The van der Waals surface area contributed by atoms with E-state index in [0.29, 0.717) is 12.2 Å². The first-order valence-corrected chi connectivity index (χ1v) is 3.72. The molecule has 1 atom stereocenters. The molecule has 5 nitrogen and oxygen atoms in total. The Morgan fingerprint density at radius 2 is 2.58 bits per heavy atom. The third-order valence-electron chi connectivity index (χ3n) is 1.73. The normalized spacial score (nSPS) is 27.7. The molecule has 0 bridgehead atoms. The van der Waals surface area contributed by atoms with Crippen molar-refractivity contribution in [3.8, 4) is 0 Å². The lowest BCUT2D eigenvalue weighted by Crippen LogP contribution is -2.53. The zero-order chi connectivity index (χ0) is 9.19. The topological polar surface area (TPSA) is 70.6 Å². The molecule has 0 aromatic carbocycles. The minimum atomic E-state index is -1.07. The van der Waals surface area contributed by atoms with E-state index in [1.165, 1.54) is 0 Å². The van der Waals surface area contributed by atoms with Crippen molar-refractivity contribution in [3.63, 3.8) is 0 Å². The molecule has 0 saturated carbocycles. The lowest BCUT2D eigenvalue weighted by atomic mass is 10.1. The van der Waals surface area contributed by atoms with Gasteiger partial charge in [0, 0.05) is 0 Å². The van der Waals surface area contributed by atoms with Gasteiger partial charge >= 0.3 is 6.09 Å². The first-order chi connectivity index (χ1) is 5.58. The quantitative estimate of drug-likeness (QED) is 0.576. The number of carbonyl (C=O) groups is 1. The van der Waals surface area contributed by atoms with Gasteiger partial charge in [0.1, 0.15) is 11.4 Å². The van der Waals surface area contributed by atoms with Crippen LogP contribution >= 0.6 is 0 Å². The van der Waals surface area contributed by atoms with Crippen LogP contribution in [0.3, 0.4) is 0 Å². The van der Waals surface area contributed by atoms with Crippen LogP contribution in [0.2, 0.25) is 0 Å². The Labute approximate surface area is 70.4 Å². The molecular weight excluding hydrogens is 160 g/mol. The minimum absolute atomic E-state index is 0.594. The zero-order valence-corrected chi connectivity index (χ0v) is 7.05. The molecular formula is C7H12N2O3. The number of hydrogen-bond acceptors (Lipinski definition) is 3. The molecule has 1 amide bonds. The Hall–Kier alpha value is -1.23. The standard InChI is InChI=1S/C7H12N2O3/c1-3-7(8-6(10)11)4-5(2)12-9-7/h4,8-9H,3H2,1-2H3,(H,10,11). The molecule has 1 aliphatic heterocycles. The molecule has 0 aliphatic carbocycles. The van der Waals surface area contributed by atoms with E-state index in [-0.39, 0.29) is 0 Å². The van der Waals surface area contributed by atoms with Crippen LogP contribution in [0.4, 0.5) is 4.79 Å². The number of hydroxylamine groups is 1. The van der Waals surface area contributed by atoms with Gasteiger partial charge in [0.2, 0.25) is 0 Å². The summed E-state index contributed by atoms with van der Waals surface area (Å²) in [6.07, 6.45) is 1.23. The van der Waals surface area contributed by atoms with Crippen LogP contribution < -0.4 is 10.8 Å². The van der Waals surface area contributed by atoms with Crippen LogP contribution in [0.15, 0.2) is 11.8 Å². The molecule has 1 rings (SSSR count). The molecule has 1 aliphatic rings. The summed E-state index contributed by atoms with van der Waals surface area (Å²) < 4.78 is 0. The maximum Gasteiger partial charge on any atom is 0.406 e. The summed E-state index contributed by atoms with van der Waals surface area (Å²) in [7, 11) is 0. The van der Waals surface area contributed by atoms with E-state index in [4.69, 9.17) is 9.94 Å². The predicted octanol–water partition coefficient (Wildman–Crippen LogP) is 0.799. The predicted molar refractivity (Wildman–Crippen MR) is 42.2 cm³/mol. The summed E-state index contributed by atoms with van der Waals surface area (Å²) in [5.74, 6) is 0.672. The molecule has 0 aromatic rings. The third kappa shape index (κ3) is 1.68. The van der Waals surface area contributed by atoms with Gasteiger partial charge in [0.15, 0.2) is 0 Å². The van der Waals surface area contributed by atoms with E-state index >= 15 is 0 Å². The van der Waals surface area contributed by atoms with Gasteiger partial charge in [-0.05, 0) is 19.4 Å². The number of nitrogens with one attached hydrogen (secondary N) is 2. The molecule has 68 valence electrons. The first-order valence-electron chi connectivity index (χ1n) is 3.72. The van der Waals surface area contributed by atoms with Crippen molar-refractivity contribution in [2.75, 3.05) is 0 Å². The maximum atomic E-state index is 10.4. The zero-order valence-electron chi connectivity index (χ0n) is 7.05. The van der Waals surface area contributed by atoms with Crippen LogP contribution in [0, 0.1) is 0 Å². The average Bonchev–Trinajstić information content (AvgIpc) is 2.32. The fourth-order valence-corrected chi connectivity index (χ4v) is 1.09. The molecule has 0 fully saturated rings. The molecule has 0 radical (unpaired) electrons. The molecule has 1 heterocycles. The van der Waals surface area contributed by atoms with E-state index in [1.54, 1.807) is 13.0 Å². The van der Waals surface area contributed by atoms with Crippen LogP contribution in [0.1, 0.15) is 20.3 Å². The van der Waals surface area contributed by atoms with Gasteiger partial charge in [0.25, 0.3) is 0 Å². The Bertz CT molecular complexity index is 227. The van der Waals surface area contributed by atoms with E-state index < -0.39 is 11.8 Å².